The second-order valence-corrected chi connectivity index (χ2v) is 2.44. The van der Waals surface area contributed by atoms with Gasteiger partial charge in [0.05, 0.1) is 6.20 Å². The predicted molar refractivity (Wildman–Crippen MR) is 41.9 cm³/mol. The molecule has 11 heavy (non-hydrogen) atoms. The van der Waals surface area contributed by atoms with Gasteiger partial charge in [0.25, 0.3) is 11.7 Å². The Morgan fingerprint density at radius 3 is 3.27 bits per heavy atom. The van der Waals surface area contributed by atoms with Gasteiger partial charge in [0.2, 0.25) is 0 Å². The number of hydrogen-bond acceptors (Lipinski definition) is 5. The second kappa shape index (κ2) is 2.08. The molecular formula is C6H9N5+. The molecule has 0 atom stereocenters. The Bertz CT molecular complexity index is 264. The van der Waals surface area contributed by atoms with E-state index in [4.69, 9.17) is 11.6 Å². The molecule has 5 nitrogen and oxygen atoms in total. The van der Waals surface area contributed by atoms with Crippen LogP contribution in [0, 0.1) is 0 Å². The fraction of sp³-hybridized carbons (Fsp3) is 0.167. The fourth-order valence-electron chi connectivity index (χ4n) is 1.07. The number of nitrogens with two attached hydrogens (primary N) is 2. The lowest BCUT2D eigenvalue weighted by Crippen LogP contribution is -2.45. The van der Waals surface area contributed by atoms with Crippen molar-refractivity contribution in [3.63, 3.8) is 0 Å². The summed E-state index contributed by atoms with van der Waals surface area (Å²) in [5.41, 5.74) is 5.60. The molecule has 4 N–H and O–H groups in total. The first-order valence-electron chi connectivity index (χ1n) is 3.28. The lowest BCUT2D eigenvalue weighted by atomic mass is 10.4. The van der Waals surface area contributed by atoms with Crippen molar-refractivity contribution >= 4 is 5.84 Å². The Balaban J connectivity index is 2.28. The third-order valence-electron chi connectivity index (χ3n) is 1.63. The van der Waals surface area contributed by atoms with Crippen LogP contribution in [0.3, 0.4) is 0 Å². The molecule has 2 aliphatic heterocycles. The summed E-state index contributed by atoms with van der Waals surface area (Å²) < 4.78 is 0. The van der Waals surface area contributed by atoms with Crippen LogP contribution < -0.4 is 16.5 Å². The first-order valence-corrected chi connectivity index (χ1v) is 3.28. The maximum absolute atomic E-state index is 5.60. The maximum Gasteiger partial charge on any atom is 0.285 e. The molecule has 0 saturated heterocycles. The average Bonchev–Trinajstić information content (AvgIpc) is 2.32. The van der Waals surface area contributed by atoms with E-state index in [0.29, 0.717) is 12.4 Å². The van der Waals surface area contributed by atoms with E-state index in [9.17, 15) is 0 Å². The smallest absolute Gasteiger partial charge is 0.285 e. The van der Waals surface area contributed by atoms with Crippen molar-refractivity contribution in [1.82, 2.24) is 9.91 Å². The van der Waals surface area contributed by atoms with Gasteiger partial charge in [-0.2, -0.15) is 4.99 Å². The molecule has 0 amide bonds. The number of hydrogen-bond donors (Lipinski definition) is 2. The van der Waals surface area contributed by atoms with Crippen molar-refractivity contribution in [2.24, 2.45) is 16.6 Å². The van der Waals surface area contributed by atoms with E-state index < -0.39 is 0 Å². The highest BCUT2D eigenvalue weighted by Gasteiger charge is 2.33. The van der Waals surface area contributed by atoms with Gasteiger partial charge in [-0.15, -0.1) is 0 Å². The number of fused-ring (bicyclic) bond motifs is 1. The molecule has 0 bridgehead atoms. The van der Waals surface area contributed by atoms with Crippen LogP contribution in [0.5, 0.6) is 0 Å². The van der Waals surface area contributed by atoms with Gasteiger partial charge >= 0.3 is 0 Å². The molecule has 2 heterocycles. The largest absolute Gasteiger partial charge is 0.349 e. The zero-order valence-corrected chi connectivity index (χ0v) is 5.94. The first kappa shape index (κ1) is 6.38. The summed E-state index contributed by atoms with van der Waals surface area (Å²) in [5.74, 6) is 7.02. The van der Waals surface area contributed by atoms with Gasteiger partial charge in [0.15, 0.2) is 6.20 Å². The van der Waals surface area contributed by atoms with Crippen LogP contribution in [0.1, 0.15) is 0 Å². The van der Waals surface area contributed by atoms with Gasteiger partial charge in [0.1, 0.15) is 12.7 Å². The van der Waals surface area contributed by atoms with E-state index in [1.165, 1.54) is 0 Å². The molecule has 2 rings (SSSR count). The van der Waals surface area contributed by atoms with Gasteiger partial charge in [-0.1, -0.05) is 0 Å². The molecule has 5 heteroatoms. The minimum atomic E-state index is 0.605. The maximum atomic E-state index is 5.60. The Labute approximate surface area is 64.2 Å². The Hall–Kier alpha value is -1.33. The molecule has 0 aromatic carbocycles. The van der Waals surface area contributed by atoms with Gasteiger partial charge in [0, 0.05) is 0 Å². The van der Waals surface area contributed by atoms with E-state index in [-0.39, 0.29) is 0 Å². The number of amidine groups is 1. The highest BCUT2D eigenvalue weighted by Crippen LogP contribution is 2.09. The molecule has 2 aliphatic rings. The highest BCUT2D eigenvalue weighted by atomic mass is 15.4. The van der Waals surface area contributed by atoms with Crippen molar-refractivity contribution in [3.8, 4) is 0 Å². The van der Waals surface area contributed by atoms with Crippen molar-refractivity contribution in [2.45, 2.75) is 0 Å². The predicted octanol–water partition coefficient (Wildman–Crippen LogP) is -1.04. The molecule has 1 radical (unpaired) electrons. The van der Waals surface area contributed by atoms with Gasteiger partial charge in [-0.05, 0) is 4.90 Å². The number of nitrogens with zero attached hydrogens (tertiary/aromatic N) is 3. The van der Waals surface area contributed by atoms with Crippen molar-refractivity contribution in [1.29, 1.82) is 0 Å². The summed E-state index contributed by atoms with van der Waals surface area (Å²) in [4.78, 5) is 5.88. The quantitative estimate of drug-likeness (QED) is 0.343. The molecule has 0 aromatic heterocycles. The summed E-state index contributed by atoms with van der Waals surface area (Å²) in [6.45, 7) is 0.605. The molecule has 0 aliphatic carbocycles. The van der Waals surface area contributed by atoms with E-state index in [1.54, 1.807) is 23.6 Å². The van der Waals surface area contributed by atoms with Crippen LogP contribution in [0.2, 0.25) is 0 Å². The van der Waals surface area contributed by atoms with E-state index >= 15 is 0 Å². The lowest BCUT2D eigenvalue weighted by molar-refractivity contribution is 0.427. The fourth-order valence-corrected chi connectivity index (χ4v) is 1.07. The molecule has 0 saturated carbocycles. The molecule has 0 aromatic rings. The molecule has 0 spiro atoms. The Morgan fingerprint density at radius 1 is 1.64 bits per heavy atom. The Morgan fingerprint density at radius 2 is 2.45 bits per heavy atom. The molecule has 57 valence electrons. The minimum Gasteiger partial charge on any atom is -0.349 e. The first-order chi connectivity index (χ1) is 5.27. The van der Waals surface area contributed by atoms with Gasteiger partial charge in [-0.3, -0.25) is 0 Å². The summed E-state index contributed by atoms with van der Waals surface area (Å²) >= 11 is 0. The van der Waals surface area contributed by atoms with Crippen molar-refractivity contribution in [3.05, 3.63) is 24.4 Å². The third kappa shape index (κ3) is 0.903. The van der Waals surface area contributed by atoms with Crippen molar-refractivity contribution in [2.75, 3.05) is 6.54 Å². The normalized spacial score (nSPS) is 23.2. The highest BCUT2D eigenvalue weighted by molar-refractivity contribution is 5.92. The zero-order chi connectivity index (χ0) is 7.84. The van der Waals surface area contributed by atoms with E-state index in [0.717, 1.165) is 5.84 Å². The number of rotatable bonds is 0. The van der Waals surface area contributed by atoms with E-state index in [2.05, 4.69) is 4.99 Å². The van der Waals surface area contributed by atoms with Crippen LogP contribution in [0.25, 0.3) is 0 Å². The molecule has 0 fully saturated rings. The van der Waals surface area contributed by atoms with Gasteiger partial charge in [-0.25, -0.2) is 5.84 Å². The monoisotopic (exact) mass is 151 g/mol. The number of hydrazine groups is 1. The SMILES string of the molecule is NC1=CN=C2CN(N)C=C[N+]12. The summed E-state index contributed by atoms with van der Waals surface area (Å²) in [6, 6.07) is 0. The summed E-state index contributed by atoms with van der Waals surface area (Å²) in [5, 5.41) is 1.56. The average molecular weight is 151 g/mol. The summed E-state index contributed by atoms with van der Waals surface area (Å²) in [6.07, 6.45) is 5.17. The minimum absolute atomic E-state index is 0.605. The van der Waals surface area contributed by atoms with Crippen LogP contribution in [-0.4, -0.2) is 17.4 Å². The topological polar surface area (TPSA) is 73.5 Å². The lowest BCUT2D eigenvalue weighted by Gasteiger charge is -2.16. The zero-order valence-electron chi connectivity index (χ0n) is 5.94. The summed E-state index contributed by atoms with van der Waals surface area (Å²) in [7, 11) is 0. The van der Waals surface area contributed by atoms with Gasteiger partial charge < -0.3 is 10.7 Å². The molecule has 0 unspecified atom stereocenters. The van der Waals surface area contributed by atoms with Crippen LogP contribution in [-0.2, 0) is 0 Å². The third-order valence-corrected chi connectivity index (χ3v) is 1.63. The van der Waals surface area contributed by atoms with Crippen LogP contribution >= 0.6 is 0 Å². The number of aliphatic imine (C=N–C) groups is 1. The van der Waals surface area contributed by atoms with Crippen LogP contribution in [0.4, 0.5) is 0 Å². The van der Waals surface area contributed by atoms with E-state index in [1.807, 2.05) is 4.90 Å². The second-order valence-electron chi connectivity index (χ2n) is 2.44. The van der Waals surface area contributed by atoms with Crippen molar-refractivity contribution < 1.29 is 0 Å². The Kier molecular flexibility index (Phi) is 1.21. The molecular weight excluding hydrogens is 142 g/mol. The standard InChI is InChI=1S/C6H9N5/c7-5-3-9-6-4-10(8)1-2-11(5)6/h1-3H,4,7-8H2/q+1. The van der Waals surface area contributed by atoms with Crippen LogP contribution in [0.15, 0.2) is 29.4 Å².